The first-order valence-electron chi connectivity index (χ1n) is 7.06. The van der Waals surface area contributed by atoms with Crippen LogP contribution in [-0.4, -0.2) is 23.2 Å². The van der Waals surface area contributed by atoms with Crippen molar-refractivity contribution in [1.29, 1.82) is 0 Å². The first kappa shape index (κ1) is 11.5. The van der Waals surface area contributed by atoms with E-state index >= 15 is 0 Å². The molecule has 2 unspecified atom stereocenters. The zero-order chi connectivity index (χ0) is 12.1. The number of aliphatic carboxylic acids is 1. The predicted molar refractivity (Wildman–Crippen MR) is 65.8 cm³/mol. The lowest BCUT2D eigenvalue weighted by molar-refractivity contribution is -0.168. The fourth-order valence-corrected chi connectivity index (χ4v) is 5.11. The van der Waals surface area contributed by atoms with Gasteiger partial charge in [0.2, 0.25) is 0 Å². The summed E-state index contributed by atoms with van der Waals surface area (Å²) in [4.78, 5) is 11.6. The Balaban J connectivity index is 1.86. The quantitative estimate of drug-likeness (QED) is 0.789. The second-order valence-corrected chi connectivity index (χ2v) is 6.75. The van der Waals surface area contributed by atoms with Crippen LogP contribution in [0, 0.1) is 17.3 Å². The third-order valence-electron chi connectivity index (χ3n) is 5.26. The molecule has 2 N–H and O–H groups in total. The Hall–Kier alpha value is -0.570. The van der Waals surface area contributed by atoms with E-state index in [4.69, 9.17) is 0 Å². The van der Waals surface area contributed by atoms with E-state index in [2.05, 4.69) is 12.2 Å². The molecule has 2 atom stereocenters. The highest BCUT2D eigenvalue weighted by Gasteiger charge is 2.60. The molecule has 3 heteroatoms. The van der Waals surface area contributed by atoms with Gasteiger partial charge in [0.25, 0.3) is 0 Å². The number of carboxylic acids is 1. The molecule has 4 fully saturated rings. The van der Waals surface area contributed by atoms with Gasteiger partial charge in [-0.25, -0.2) is 0 Å². The van der Waals surface area contributed by atoms with Crippen LogP contribution >= 0.6 is 0 Å². The van der Waals surface area contributed by atoms with Gasteiger partial charge in [-0.1, -0.05) is 6.92 Å². The minimum absolute atomic E-state index is 0.165. The maximum atomic E-state index is 11.6. The average Bonchev–Trinajstić information content (AvgIpc) is 2.24. The van der Waals surface area contributed by atoms with Crippen molar-refractivity contribution in [2.75, 3.05) is 6.54 Å². The molecule has 0 radical (unpaired) electrons. The maximum Gasteiger partial charge on any atom is 0.309 e. The van der Waals surface area contributed by atoms with Crippen LogP contribution in [-0.2, 0) is 4.79 Å². The minimum atomic E-state index is -0.533. The molecule has 0 amide bonds. The van der Waals surface area contributed by atoms with Crippen LogP contribution in [0.2, 0.25) is 0 Å². The molecule has 0 spiro atoms. The van der Waals surface area contributed by atoms with Crippen molar-refractivity contribution in [3.8, 4) is 0 Å². The summed E-state index contributed by atoms with van der Waals surface area (Å²) >= 11 is 0. The van der Waals surface area contributed by atoms with Gasteiger partial charge in [-0.05, 0) is 63.3 Å². The van der Waals surface area contributed by atoms with Crippen LogP contribution in [0.25, 0.3) is 0 Å². The van der Waals surface area contributed by atoms with Gasteiger partial charge >= 0.3 is 5.97 Å². The second-order valence-electron chi connectivity index (χ2n) is 6.75. The van der Waals surface area contributed by atoms with Crippen LogP contribution in [0.5, 0.6) is 0 Å². The third-order valence-corrected chi connectivity index (χ3v) is 5.26. The van der Waals surface area contributed by atoms with Gasteiger partial charge in [-0.2, -0.15) is 0 Å². The molecule has 96 valence electrons. The number of hydrogen-bond acceptors (Lipinski definition) is 2. The molecule has 4 aliphatic carbocycles. The predicted octanol–water partition coefficient (Wildman–Crippen LogP) is 2.41. The summed E-state index contributed by atoms with van der Waals surface area (Å²) < 4.78 is 0. The molecule has 17 heavy (non-hydrogen) atoms. The molecule has 4 saturated carbocycles. The average molecular weight is 237 g/mol. The summed E-state index contributed by atoms with van der Waals surface area (Å²) in [6.45, 7) is 3.22. The largest absolute Gasteiger partial charge is 0.481 e. The van der Waals surface area contributed by atoms with E-state index in [1.165, 1.54) is 19.3 Å². The summed E-state index contributed by atoms with van der Waals surface area (Å²) in [5.41, 5.74) is -0.219. The molecule has 4 rings (SSSR count). The fourth-order valence-electron chi connectivity index (χ4n) is 5.11. The van der Waals surface area contributed by atoms with Crippen molar-refractivity contribution in [2.24, 2.45) is 17.3 Å². The Labute approximate surface area is 103 Å². The van der Waals surface area contributed by atoms with Crippen molar-refractivity contribution in [1.82, 2.24) is 5.32 Å². The first-order chi connectivity index (χ1) is 8.07. The fraction of sp³-hybridized carbons (Fsp3) is 0.929. The Morgan fingerprint density at radius 1 is 1.29 bits per heavy atom. The normalized spacial score (nSPS) is 47.4. The van der Waals surface area contributed by atoms with Gasteiger partial charge < -0.3 is 10.4 Å². The van der Waals surface area contributed by atoms with Gasteiger partial charge in [0.1, 0.15) is 0 Å². The van der Waals surface area contributed by atoms with Gasteiger partial charge in [0.15, 0.2) is 0 Å². The number of carboxylic acid groups (broad SMARTS) is 1. The van der Waals surface area contributed by atoms with Crippen molar-refractivity contribution < 1.29 is 9.90 Å². The first-order valence-corrected chi connectivity index (χ1v) is 7.06. The van der Waals surface area contributed by atoms with E-state index in [0.29, 0.717) is 11.8 Å². The Bertz CT molecular complexity index is 325. The molecule has 4 aliphatic rings. The van der Waals surface area contributed by atoms with Gasteiger partial charge in [0, 0.05) is 5.54 Å². The SMILES string of the molecule is CCCNC12CC3CC(C1)CC(C(=O)O)(C3)C2. The van der Waals surface area contributed by atoms with Crippen molar-refractivity contribution in [3.05, 3.63) is 0 Å². The highest BCUT2D eigenvalue weighted by molar-refractivity contribution is 5.75. The number of carbonyl (C=O) groups is 1. The minimum Gasteiger partial charge on any atom is -0.481 e. The zero-order valence-corrected chi connectivity index (χ0v) is 10.7. The summed E-state index contributed by atoms with van der Waals surface area (Å²) in [5, 5.41) is 13.3. The summed E-state index contributed by atoms with van der Waals surface area (Å²) in [5.74, 6) is 0.794. The lowest BCUT2D eigenvalue weighted by Gasteiger charge is -2.60. The van der Waals surface area contributed by atoms with Crippen LogP contribution in [0.1, 0.15) is 51.9 Å². The summed E-state index contributed by atoms with van der Waals surface area (Å²) in [6.07, 6.45) is 7.61. The lowest BCUT2D eigenvalue weighted by atomic mass is 9.47. The highest BCUT2D eigenvalue weighted by atomic mass is 16.4. The maximum absolute atomic E-state index is 11.6. The Morgan fingerprint density at radius 2 is 1.94 bits per heavy atom. The number of hydrogen-bond donors (Lipinski definition) is 2. The zero-order valence-electron chi connectivity index (χ0n) is 10.7. The van der Waals surface area contributed by atoms with Gasteiger partial charge in [-0.15, -0.1) is 0 Å². The highest BCUT2D eigenvalue weighted by Crippen LogP contribution is 2.61. The van der Waals surface area contributed by atoms with Crippen LogP contribution in [0.15, 0.2) is 0 Å². The molecule has 3 nitrogen and oxygen atoms in total. The van der Waals surface area contributed by atoms with E-state index < -0.39 is 5.97 Å². The van der Waals surface area contributed by atoms with Crippen LogP contribution < -0.4 is 5.32 Å². The smallest absolute Gasteiger partial charge is 0.309 e. The molecule has 0 aromatic carbocycles. The molecular formula is C14H23NO2. The molecular weight excluding hydrogens is 214 g/mol. The number of nitrogens with one attached hydrogen (secondary N) is 1. The molecule has 0 aromatic heterocycles. The van der Waals surface area contributed by atoms with E-state index in [1.54, 1.807) is 0 Å². The van der Waals surface area contributed by atoms with E-state index in [1.807, 2.05) is 0 Å². The van der Waals surface area contributed by atoms with Crippen molar-refractivity contribution in [2.45, 2.75) is 57.4 Å². The molecule has 0 aliphatic heterocycles. The second kappa shape index (κ2) is 3.71. The third kappa shape index (κ3) is 1.70. The lowest BCUT2D eigenvalue weighted by Crippen LogP contribution is -2.63. The monoisotopic (exact) mass is 237 g/mol. The van der Waals surface area contributed by atoms with Crippen molar-refractivity contribution >= 4 is 5.97 Å². The molecule has 0 heterocycles. The molecule has 0 saturated heterocycles. The van der Waals surface area contributed by atoms with E-state index in [9.17, 15) is 9.90 Å². The van der Waals surface area contributed by atoms with E-state index in [0.717, 1.165) is 32.2 Å². The molecule has 4 bridgehead atoms. The molecule has 0 aromatic rings. The van der Waals surface area contributed by atoms with Crippen LogP contribution in [0.3, 0.4) is 0 Å². The van der Waals surface area contributed by atoms with Gasteiger partial charge in [0.05, 0.1) is 5.41 Å². The topological polar surface area (TPSA) is 49.3 Å². The van der Waals surface area contributed by atoms with Crippen molar-refractivity contribution in [3.63, 3.8) is 0 Å². The Morgan fingerprint density at radius 3 is 2.47 bits per heavy atom. The summed E-state index contributed by atoms with van der Waals surface area (Å²) in [7, 11) is 0. The number of rotatable bonds is 4. The van der Waals surface area contributed by atoms with Crippen LogP contribution in [0.4, 0.5) is 0 Å². The Kier molecular flexibility index (Phi) is 2.51. The van der Waals surface area contributed by atoms with Gasteiger partial charge in [-0.3, -0.25) is 4.79 Å². The van der Waals surface area contributed by atoms with E-state index in [-0.39, 0.29) is 11.0 Å². The standard InChI is InChI=1S/C14H23NO2/c1-2-3-15-14-7-10-4-11(8-14)6-13(5-10,9-14)12(16)17/h10-11,15H,2-9H2,1H3,(H,16,17). The summed E-state index contributed by atoms with van der Waals surface area (Å²) in [6, 6.07) is 0.